The number of hydrogen-bond acceptors (Lipinski definition) is 4. The van der Waals surface area contributed by atoms with Crippen LogP contribution in [0.5, 0.6) is 0 Å². The third-order valence-electron chi connectivity index (χ3n) is 5.03. The van der Waals surface area contributed by atoms with E-state index in [1.165, 1.54) is 9.80 Å². The maximum atomic E-state index is 13.1. The maximum absolute atomic E-state index is 13.1. The Bertz CT molecular complexity index is 872. The molecular formula is C22H23F3N4O3. The van der Waals surface area contributed by atoms with Gasteiger partial charge in [0, 0.05) is 19.6 Å². The van der Waals surface area contributed by atoms with Gasteiger partial charge in [0.25, 0.3) is 0 Å². The molecule has 0 saturated carbocycles. The van der Waals surface area contributed by atoms with Crippen LogP contribution >= 0.6 is 0 Å². The number of carbonyl (C=O) groups is 3. The van der Waals surface area contributed by atoms with E-state index in [9.17, 15) is 27.6 Å². The highest BCUT2D eigenvalue weighted by Crippen LogP contribution is 2.19. The average Bonchev–Trinajstić information content (AvgIpc) is 2.77. The fourth-order valence-corrected chi connectivity index (χ4v) is 3.42. The summed E-state index contributed by atoms with van der Waals surface area (Å²) in [6.45, 7) is 0.0763. The standard InChI is InChI=1S/C22H23F3N4O3/c23-22(24,25)20(31)26-11-19(14-30)29-15-27(12-17-7-3-1-4-8-17)21(32)28(16-29)13-18-9-5-2-6-10-18/h1-10,14,19H,11-13,15-16H2,(H,26,31)/t19-/m0/s1. The molecule has 1 aliphatic heterocycles. The topological polar surface area (TPSA) is 73.0 Å². The number of hydrogen-bond donors (Lipinski definition) is 1. The van der Waals surface area contributed by atoms with Crippen LogP contribution in [-0.2, 0) is 22.7 Å². The quantitative estimate of drug-likeness (QED) is 0.631. The molecule has 0 radical (unpaired) electrons. The summed E-state index contributed by atoms with van der Waals surface area (Å²) in [5.41, 5.74) is 1.74. The highest BCUT2D eigenvalue weighted by molar-refractivity contribution is 5.82. The van der Waals surface area contributed by atoms with E-state index in [-0.39, 0.29) is 32.5 Å². The average molecular weight is 448 g/mol. The van der Waals surface area contributed by atoms with Crippen molar-refractivity contribution in [2.45, 2.75) is 25.3 Å². The van der Waals surface area contributed by atoms with E-state index in [1.807, 2.05) is 60.7 Å². The third kappa shape index (κ3) is 6.07. The summed E-state index contributed by atoms with van der Waals surface area (Å²) in [4.78, 5) is 40.6. The van der Waals surface area contributed by atoms with Crippen LogP contribution in [0.2, 0.25) is 0 Å². The highest BCUT2D eigenvalue weighted by Gasteiger charge is 2.40. The second-order valence-corrected chi connectivity index (χ2v) is 7.43. The minimum Gasteiger partial charge on any atom is -0.346 e. The molecule has 1 heterocycles. The van der Waals surface area contributed by atoms with Gasteiger partial charge >= 0.3 is 18.1 Å². The van der Waals surface area contributed by atoms with Crippen molar-refractivity contribution < 1.29 is 27.6 Å². The summed E-state index contributed by atoms with van der Waals surface area (Å²) in [5, 5.41) is 1.75. The van der Waals surface area contributed by atoms with Crippen molar-refractivity contribution in [2.75, 3.05) is 19.9 Å². The van der Waals surface area contributed by atoms with Gasteiger partial charge in [-0.05, 0) is 11.1 Å². The first kappa shape index (κ1) is 23.3. The molecule has 1 atom stereocenters. The number of nitrogens with zero attached hydrogens (tertiary/aromatic N) is 3. The number of amides is 3. The second-order valence-electron chi connectivity index (χ2n) is 7.43. The Morgan fingerprint density at radius 2 is 1.41 bits per heavy atom. The molecule has 10 heteroatoms. The lowest BCUT2D eigenvalue weighted by Crippen LogP contribution is -2.61. The van der Waals surface area contributed by atoms with Crippen molar-refractivity contribution in [1.29, 1.82) is 0 Å². The molecule has 1 N–H and O–H groups in total. The van der Waals surface area contributed by atoms with E-state index >= 15 is 0 Å². The normalized spacial score (nSPS) is 16.0. The largest absolute Gasteiger partial charge is 0.471 e. The van der Waals surface area contributed by atoms with Crippen molar-refractivity contribution in [3.8, 4) is 0 Å². The molecule has 0 unspecified atom stereocenters. The van der Waals surface area contributed by atoms with Gasteiger partial charge in [0.1, 0.15) is 6.29 Å². The van der Waals surface area contributed by atoms with Gasteiger partial charge in [-0.2, -0.15) is 13.2 Å². The first-order valence-electron chi connectivity index (χ1n) is 9.94. The van der Waals surface area contributed by atoms with Crippen molar-refractivity contribution >= 4 is 18.2 Å². The summed E-state index contributed by atoms with van der Waals surface area (Å²) in [6.07, 6.45) is -4.56. The molecule has 2 aromatic carbocycles. The van der Waals surface area contributed by atoms with E-state index in [0.717, 1.165) is 11.1 Å². The lowest BCUT2D eigenvalue weighted by molar-refractivity contribution is -0.173. The smallest absolute Gasteiger partial charge is 0.346 e. The van der Waals surface area contributed by atoms with Crippen LogP contribution in [0.4, 0.5) is 18.0 Å². The lowest BCUT2D eigenvalue weighted by Gasteiger charge is -2.44. The van der Waals surface area contributed by atoms with Gasteiger partial charge in [0.15, 0.2) is 0 Å². The van der Waals surface area contributed by atoms with Crippen LogP contribution in [0.3, 0.4) is 0 Å². The Labute approximate surface area is 183 Å². The summed E-state index contributed by atoms with van der Waals surface area (Å²) in [5.74, 6) is -2.11. The predicted molar refractivity (Wildman–Crippen MR) is 110 cm³/mol. The van der Waals surface area contributed by atoms with Crippen molar-refractivity contribution in [1.82, 2.24) is 20.0 Å². The molecule has 0 aliphatic carbocycles. The summed E-state index contributed by atoms with van der Waals surface area (Å²) in [6, 6.07) is 17.2. The third-order valence-corrected chi connectivity index (χ3v) is 5.03. The van der Waals surface area contributed by atoms with Gasteiger partial charge in [-0.15, -0.1) is 0 Å². The Hall–Kier alpha value is -3.40. The Balaban J connectivity index is 1.78. The molecule has 1 fully saturated rings. The molecule has 3 amide bonds. The van der Waals surface area contributed by atoms with Gasteiger partial charge in [0.05, 0.1) is 19.4 Å². The molecule has 0 aromatic heterocycles. The zero-order valence-corrected chi connectivity index (χ0v) is 17.2. The Morgan fingerprint density at radius 1 is 0.938 bits per heavy atom. The van der Waals surface area contributed by atoms with Crippen LogP contribution in [0, 0.1) is 0 Å². The molecular weight excluding hydrogens is 425 g/mol. The zero-order chi connectivity index (χ0) is 23.1. The number of urea groups is 1. The molecule has 170 valence electrons. The van der Waals surface area contributed by atoms with Crippen LogP contribution in [0.1, 0.15) is 11.1 Å². The fraction of sp³-hybridized carbons (Fsp3) is 0.318. The van der Waals surface area contributed by atoms with E-state index in [2.05, 4.69) is 0 Å². The number of aldehydes is 1. The summed E-state index contributed by atoms with van der Waals surface area (Å²) in [7, 11) is 0. The number of alkyl halides is 3. The van der Waals surface area contributed by atoms with Crippen molar-refractivity contribution in [2.24, 2.45) is 0 Å². The molecule has 3 rings (SSSR count). The number of rotatable bonds is 8. The molecule has 0 spiro atoms. The Morgan fingerprint density at radius 3 is 1.81 bits per heavy atom. The lowest BCUT2D eigenvalue weighted by atomic mass is 10.2. The van der Waals surface area contributed by atoms with Crippen LogP contribution < -0.4 is 5.32 Å². The highest BCUT2D eigenvalue weighted by atomic mass is 19.4. The van der Waals surface area contributed by atoms with Crippen molar-refractivity contribution in [3.63, 3.8) is 0 Å². The number of benzene rings is 2. The first-order chi connectivity index (χ1) is 15.3. The van der Waals surface area contributed by atoms with Gasteiger partial charge in [0.2, 0.25) is 0 Å². The van der Waals surface area contributed by atoms with Crippen LogP contribution in [0.15, 0.2) is 60.7 Å². The zero-order valence-electron chi connectivity index (χ0n) is 17.2. The van der Waals surface area contributed by atoms with Gasteiger partial charge in [-0.25, -0.2) is 4.79 Å². The Kier molecular flexibility index (Phi) is 7.47. The number of carbonyl (C=O) groups excluding carboxylic acids is 3. The summed E-state index contributed by atoms with van der Waals surface area (Å²) >= 11 is 0. The number of halogens is 3. The van der Waals surface area contributed by atoms with E-state index < -0.39 is 24.7 Å². The molecule has 1 saturated heterocycles. The SMILES string of the molecule is O=C[C@H](CNC(=O)C(F)(F)F)N1CN(Cc2ccccc2)C(=O)N(Cc2ccccc2)C1. The first-order valence-corrected chi connectivity index (χ1v) is 9.94. The van der Waals surface area contributed by atoms with Crippen LogP contribution in [0.25, 0.3) is 0 Å². The number of nitrogens with one attached hydrogen (secondary N) is 1. The van der Waals surface area contributed by atoms with Gasteiger partial charge in [-0.1, -0.05) is 60.7 Å². The monoisotopic (exact) mass is 448 g/mol. The van der Waals surface area contributed by atoms with Gasteiger partial charge in [-0.3, -0.25) is 9.69 Å². The van der Waals surface area contributed by atoms with E-state index in [4.69, 9.17) is 0 Å². The van der Waals surface area contributed by atoms with Crippen molar-refractivity contribution in [3.05, 3.63) is 71.8 Å². The minimum absolute atomic E-state index is 0.0321. The minimum atomic E-state index is -5.04. The second kappa shape index (κ2) is 10.3. The summed E-state index contributed by atoms with van der Waals surface area (Å²) < 4.78 is 37.6. The van der Waals surface area contributed by atoms with E-state index in [1.54, 1.807) is 10.2 Å². The molecule has 1 aliphatic rings. The molecule has 2 aromatic rings. The molecule has 32 heavy (non-hydrogen) atoms. The maximum Gasteiger partial charge on any atom is 0.471 e. The fourth-order valence-electron chi connectivity index (χ4n) is 3.42. The molecule has 0 bridgehead atoms. The molecule has 7 nitrogen and oxygen atoms in total. The van der Waals surface area contributed by atoms with E-state index in [0.29, 0.717) is 6.29 Å². The van der Waals surface area contributed by atoms with Gasteiger partial charge < -0.3 is 19.9 Å². The van der Waals surface area contributed by atoms with Crippen LogP contribution in [-0.4, -0.2) is 65.0 Å². The predicted octanol–water partition coefficient (Wildman–Crippen LogP) is 2.59.